The monoisotopic (exact) mass is 191 g/mol. The van der Waals surface area contributed by atoms with Crippen LogP contribution in [0.25, 0.3) is 10.9 Å². The molecule has 0 atom stereocenters. The summed E-state index contributed by atoms with van der Waals surface area (Å²) in [7, 11) is 1.59. The molecule has 1 heterocycles. The van der Waals surface area contributed by atoms with Gasteiger partial charge in [-0.05, 0) is 12.1 Å². The highest BCUT2D eigenvalue weighted by atomic mass is 16.1. The molecule has 4 heteroatoms. The maximum absolute atomic E-state index is 11.4. The molecule has 0 saturated heterocycles. The molecule has 74 valence electrons. The molecule has 0 aliphatic rings. The largest absolute Gasteiger partial charge is 0.277 e. The lowest BCUT2D eigenvalue weighted by Gasteiger charge is -1.96. The van der Waals surface area contributed by atoms with Gasteiger partial charge in [-0.3, -0.25) is 4.79 Å². The van der Waals surface area contributed by atoms with Crippen molar-refractivity contribution in [3.63, 3.8) is 0 Å². The fourth-order valence-corrected chi connectivity index (χ4v) is 1.07. The SMILES string of the molecule is CC.Cn1nnc2ccccc2c1=O. The number of aromatic nitrogens is 3. The standard InChI is InChI=1S/C8H7N3O.C2H6/c1-11-8(12)6-4-2-3-5-7(6)9-10-11;1-2/h2-5H,1H3;1-2H3. The average molecular weight is 191 g/mol. The van der Waals surface area contributed by atoms with Crippen molar-refractivity contribution in [2.24, 2.45) is 7.05 Å². The number of aryl methyl sites for hydroxylation is 1. The Labute approximate surface area is 82.2 Å². The lowest BCUT2D eigenvalue weighted by Crippen LogP contribution is -2.20. The van der Waals surface area contributed by atoms with E-state index in [1.54, 1.807) is 19.2 Å². The minimum Gasteiger partial charge on any atom is -0.267 e. The lowest BCUT2D eigenvalue weighted by atomic mass is 10.2. The van der Waals surface area contributed by atoms with Crippen molar-refractivity contribution in [2.45, 2.75) is 13.8 Å². The van der Waals surface area contributed by atoms with E-state index in [4.69, 9.17) is 0 Å². The van der Waals surface area contributed by atoms with Crippen LogP contribution in [0.15, 0.2) is 29.1 Å². The predicted molar refractivity (Wildman–Crippen MR) is 56.1 cm³/mol. The third-order valence-corrected chi connectivity index (χ3v) is 1.71. The highest BCUT2D eigenvalue weighted by Crippen LogP contribution is 2.02. The van der Waals surface area contributed by atoms with E-state index >= 15 is 0 Å². The summed E-state index contributed by atoms with van der Waals surface area (Å²) < 4.78 is 1.22. The van der Waals surface area contributed by atoms with Crippen molar-refractivity contribution in [3.05, 3.63) is 34.6 Å². The quantitative estimate of drug-likeness (QED) is 0.631. The zero-order valence-corrected chi connectivity index (χ0v) is 8.56. The number of hydrogen-bond acceptors (Lipinski definition) is 3. The van der Waals surface area contributed by atoms with E-state index < -0.39 is 0 Å². The van der Waals surface area contributed by atoms with Gasteiger partial charge in [0.2, 0.25) is 0 Å². The Bertz CT molecular complexity index is 476. The van der Waals surface area contributed by atoms with Crippen LogP contribution in [-0.2, 0) is 7.05 Å². The van der Waals surface area contributed by atoms with E-state index in [0.29, 0.717) is 10.9 Å². The first-order valence-electron chi connectivity index (χ1n) is 4.58. The van der Waals surface area contributed by atoms with Gasteiger partial charge in [0.1, 0.15) is 5.52 Å². The summed E-state index contributed by atoms with van der Waals surface area (Å²) in [6, 6.07) is 7.15. The summed E-state index contributed by atoms with van der Waals surface area (Å²) in [5, 5.41) is 8.12. The second kappa shape index (κ2) is 4.50. The summed E-state index contributed by atoms with van der Waals surface area (Å²) in [5.74, 6) is 0. The van der Waals surface area contributed by atoms with Crippen molar-refractivity contribution < 1.29 is 0 Å². The van der Waals surface area contributed by atoms with Crippen LogP contribution in [0.2, 0.25) is 0 Å². The van der Waals surface area contributed by atoms with Crippen LogP contribution in [0.1, 0.15) is 13.8 Å². The van der Waals surface area contributed by atoms with E-state index in [2.05, 4.69) is 10.3 Å². The van der Waals surface area contributed by atoms with Crippen molar-refractivity contribution in [3.8, 4) is 0 Å². The number of rotatable bonds is 0. The van der Waals surface area contributed by atoms with Gasteiger partial charge in [0.05, 0.1) is 5.39 Å². The molecule has 0 amide bonds. The Hall–Kier alpha value is -1.71. The van der Waals surface area contributed by atoms with E-state index in [1.165, 1.54) is 4.68 Å². The number of nitrogens with zero attached hydrogens (tertiary/aromatic N) is 3. The maximum Gasteiger partial charge on any atom is 0.277 e. The summed E-state index contributed by atoms with van der Waals surface area (Å²) >= 11 is 0. The molecule has 0 unspecified atom stereocenters. The third kappa shape index (κ3) is 1.79. The van der Waals surface area contributed by atoms with Crippen molar-refractivity contribution >= 4 is 10.9 Å². The molecule has 1 aromatic carbocycles. The summed E-state index contributed by atoms with van der Waals surface area (Å²) in [6.45, 7) is 4.00. The van der Waals surface area contributed by atoms with Crippen LogP contribution in [-0.4, -0.2) is 15.0 Å². The van der Waals surface area contributed by atoms with E-state index in [9.17, 15) is 4.79 Å². The van der Waals surface area contributed by atoms with Crippen LogP contribution in [0, 0.1) is 0 Å². The highest BCUT2D eigenvalue weighted by Gasteiger charge is 1.99. The molecule has 0 spiro atoms. The Balaban J connectivity index is 0.000000461. The molecule has 2 aromatic rings. The molecule has 0 aliphatic heterocycles. The van der Waals surface area contributed by atoms with Crippen molar-refractivity contribution in [2.75, 3.05) is 0 Å². The van der Waals surface area contributed by atoms with Crippen LogP contribution in [0.4, 0.5) is 0 Å². The Morgan fingerprint density at radius 3 is 2.57 bits per heavy atom. The first-order valence-corrected chi connectivity index (χ1v) is 4.58. The predicted octanol–water partition coefficient (Wildman–Crippen LogP) is 1.35. The molecular weight excluding hydrogens is 178 g/mol. The molecule has 0 saturated carbocycles. The molecule has 0 radical (unpaired) electrons. The smallest absolute Gasteiger partial charge is 0.267 e. The van der Waals surface area contributed by atoms with Crippen LogP contribution < -0.4 is 5.56 Å². The third-order valence-electron chi connectivity index (χ3n) is 1.71. The first kappa shape index (κ1) is 10.4. The van der Waals surface area contributed by atoms with Gasteiger partial charge in [-0.25, -0.2) is 4.68 Å². The van der Waals surface area contributed by atoms with Crippen LogP contribution >= 0.6 is 0 Å². The summed E-state index contributed by atoms with van der Waals surface area (Å²) in [6.07, 6.45) is 0. The van der Waals surface area contributed by atoms with Crippen LogP contribution in [0.5, 0.6) is 0 Å². The molecule has 2 rings (SSSR count). The zero-order valence-electron chi connectivity index (χ0n) is 8.56. The van der Waals surface area contributed by atoms with E-state index in [0.717, 1.165) is 0 Å². The van der Waals surface area contributed by atoms with Crippen LogP contribution in [0.3, 0.4) is 0 Å². The van der Waals surface area contributed by atoms with Gasteiger partial charge in [0.15, 0.2) is 0 Å². The highest BCUT2D eigenvalue weighted by molar-refractivity contribution is 5.76. The van der Waals surface area contributed by atoms with E-state index in [1.807, 2.05) is 26.0 Å². The second-order valence-corrected chi connectivity index (χ2v) is 2.54. The van der Waals surface area contributed by atoms with Gasteiger partial charge < -0.3 is 0 Å². The topological polar surface area (TPSA) is 47.8 Å². The molecule has 4 nitrogen and oxygen atoms in total. The average Bonchev–Trinajstić information content (AvgIpc) is 2.27. The van der Waals surface area contributed by atoms with Gasteiger partial charge in [0.25, 0.3) is 5.56 Å². The Kier molecular flexibility index (Phi) is 3.34. The fraction of sp³-hybridized carbons (Fsp3) is 0.300. The van der Waals surface area contributed by atoms with Gasteiger partial charge >= 0.3 is 0 Å². The maximum atomic E-state index is 11.4. The van der Waals surface area contributed by atoms with Gasteiger partial charge in [-0.2, -0.15) is 0 Å². The zero-order chi connectivity index (χ0) is 10.6. The van der Waals surface area contributed by atoms with Crippen molar-refractivity contribution in [1.82, 2.24) is 15.0 Å². The Morgan fingerprint density at radius 1 is 1.21 bits per heavy atom. The molecule has 0 fully saturated rings. The molecular formula is C10H13N3O. The van der Waals surface area contributed by atoms with Gasteiger partial charge in [0, 0.05) is 7.05 Å². The minimum atomic E-state index is -0.111. The molecule has 0 aliphatic carbocycles. The van der Waals surface area contributed by atoms with Gasteiger partial charge in [-0.15, -0.1) is 5.10 Å². The molecule has 1 aromatic heterocycles. The van der Waals surface area contributed by atoms with Gasteiger partial charge in [-0.1, -0.05) is 31.2 Å². The second-order valence-electron chi connectivity index (χ2n) is 2.54. The fourth-order valence-electron chi connectivity index (χ4n) is 1.07. The normalized spacial score (nSPS) is 9.36. The molecule has 14 heavy (non-hydrogen) atoms. The molecule has 0 bridgehead atoms. The summed E-state index contributed by atoms with van der Waals surface area (Å²) in [5.41, 5.74) is 0.529. The Morgan fingerprint density at radius 2 is 1.86 bits per heavy atom. The number of benzene rings is 1. The number of fused-ring (bicyclic) bond motifs is 1. The molecule has 0 N–H and O–H groups in total. The van der Waals surface area contributed by atoms with Crippen molar-refractivity contribution in [1.29, 1.82) is 0 Å². The first-order chi connectivity index (χ1) is 6.79. The number of hydrogen-bond donors (Lipinski definition) is 0. The lowest BCUT2D eigenvalue weighted by molar-refractivity contribution is 0.656. The summed E-state index contributed by atoms with van der Waals surface area (Å²) in [4.78, 5) is 11.4. The minimum absolute atomic E-state index is 0.111. The van der Waals surface area contributed by atoms with E-state index in [-0.39, 0.29) is 5.56 Å².